The van der Waals surface area contributed by atoms with Crippen LogP contribution < -0.4 is 10.5 Å². The summed E-state index contributed by atoms with van der Waals surface area (Å²) >= 11 is 0. The van der Waals surface area contributed by atoms with Crippen molar-refractivity contribution in [2.75, 3.05) is 5.73 Å². The maximum atomic E-state index is 11.5. The van der Waals surface area contributed by atoms with Crippen molar-refractivity contribution >= 4 is 22.7 Å². The van der Waals surface area contributed by atoms with Gasteiger partial charge in [0.2, 0.25) is 17.8 Å². The Kier molecular flexibility index (Phi) is 2.33. The van der Waals surface area contributed by atoms with E-state index in [1.807, 2.05) is 0 Å². The number of furan rings is 1. The van der Waals surface area contributed by atoms with E-state index in [0.717, 1.165) is 6.33 Å². The minimum atomic E-state index is -0.663. The van der Waals surface area contributed by atoms with Crippen LogP contribution in [0.5, 0.6) is 0 Å². The molecule has 3 rings (SSSR count). The molecule has 3 aromatic rings. The number of aryl methyl sites for hydroxylation is 1. The van der Waals surface area contributed by atoms with E-state index >= 15 is 0 Å². The van der Waals surface area contributed by atoms with Gasteiger partial charge < -0.3 is 15.4 Å². The van der Waals surface area contributed by atoms with Crippen LogP contribution in [0.3, 0.4) is 0 Å². The summed E-state index contributed by atoms with van der Waals surface area (Å²) in [4.78, 5) is 13.9. The average molecular weight is 276 g/mol. The Morgan fingerprint density at radius 3 is 2.90 bits per heavy atom. The molecule has 102 valence electrons. The van der Waals surface area contributed by atoms with Crippen LogP contribution in [0.4, 0.5) is 11.7 Å². The fourth-order valence-electron chi connectivity index (χ4n) is 1.90. The Balaban J connectivity index is 2.30. The molecule has 0 saturated carbocycles. The summed E-state index contributed by atoms with van der Waals surface area (Å²) in [5, 5.41) is 26.5. The average Bonchev–Trinajstić information content (AvgIpc) is 2.99. The van der Waals surface area contributed by atoms with E-state index in [-0.39, 0.29) is 22.7 Å². The standard InChI is InChI=1S/C10H8N6O4/c1-14-10-7(9(11)15(17)4-12-10)8(13-14)5-2-3-6(20-5)16(18)19/h2-4H,11H2,1H3. The summed E-state index contributed by atoms with van der Waals surface area (Å²) in [5.41, 5.74) is 6.32. The van der Waals surface area contributed by atoms with Crippen LogP contribution in [0.25, 0.3) is 22.5 Å². The lowest BCUT2D eigenvalue weighted by molar-refractivity contribution is -0.591. The first kappa shape index (κ1) is 11.9. The molecule has 0 aliphatic rings. The van der Waals surface area contributed by atoms with Gasteiger partial charge in [-0.05, 0) is 6.07 Å². The maximum absolute atomic E-state index is 11.5. The lowest BCUT2D eigenvalue weighted by Crippen LogP contribution is -2.30. The predicted octanol–water partition coefficient (Wildman–Crippen LogP) is 0.352. The van der Waals surface area contributed by atoms with Gasteiger partial charge in [-0.2, -0.15) is 5.10 Å². The summed E-state index contributed by atoms with van der Waals surface area (Å²) in [5.74, 6) is -0.379. The van der Waals surface area contributed by atoms with Crippen LogP contribution in [-0.4, -0.2) is 19.7 Å². The SMILES string of the molecule is Cn1nc(-c2ccc([N+](=O)[O-])o2)c2c(N)[n+]([O-])cnc21. The summed E-state index contributed by atoms with van der Waals surface area (Å²) in [6.45, 7) is 0. The number of nitro groups is 1. The van der Waals surface area contributed by atoms with E-state index in [1.165, 1.54) is 16.8 Å². The van der Waals surface area contributed by atoms with Gasteiger partial charge in [0.1, 0.15) is 16.0 Å². The number of aromatic nitrogens is 4. The zero-order valence-electron chi connectivity index (χ0n) is 10.2. The lowest BCUT2D eigenvalue weighted by atomic mass is 10.2. The Morgan fingerprint density at radius 2 is 2.25 bits per heavy atom. The highest BCUT2D eigenvalue weighted by Crippen LogP contribution is 2.31. The van der Waals surface area contributed by atoms with Crippen molar-refractivity contribution in [2.24, 2.45) is 7.05 Å². The molecule has 3 heterocycles. The second kappa shape index (κ2) is 3.91. The lowest BCUT2D eigenvalue weighted by Gasteiger charge is -2.04. The summed E-state index contributed by atoms with van der Waals surface area (Å²) in [6, 6.07) is 2.59. The van der Waals surface area contributed by atoms with E-state index in [2.05, 4.69) is 10.1 Å². The largest absolute Gasteiger partial charge is 0.740 e. The third-order valence-corrected chi connectivity index (χ3v) is 2.80. The molecule has 10 nitrogen and oxygen atoms in total. The van der Waals surface area contributed by atoms with Crippen LogP contribution >= 0.6 is 0 Å². The fraction of sp³-hybridized carbons (Fsp3) is 0.100. The van der Waals surface area contributed by atoms with Gasteiger partial charge in [-0.15, -0.1) is 0 Å². The highest BCUT2D eigenvalue weighted by Gasteiger charge is 2.23. The van der Waals surface area contributed by atoms with Crippen molar-refractivity contribution in [1.29, 1.82) is 0 Å². The van der Waals surface area contributed by atoms with Crippen molar-refractivity contribution < 1.29 is 14.1 Å². The number of nitrogens with two attached hydrogens (primary N) is 1. The third kappa shape index (κ3) is 1.55. The van der Waals surface area contributed by atoms with E-state index in [4.69, 9.17) is 10.2 Å². The van der Waals surface area contributed by atoms with Gasteiger partial charge in [0.05, 0.1) is 6.07 Å². The fourth-order valence-corrected chi connectivity index (χ4v) is 1.90. The van der Waals surface area contributed by atoms with E-state index < -0.39 is 10.8 Å². The second-order valence-corrected chi connectivity index (χ2v) is 4.02. The molecule has 0 aliphatic heterocycles. The Labute approximate surface area is 110 Å². The minimum absolute atomic E-state index is 0.0999. The van der Waals surface area contributed by atoms with Crippen LogP contribution in [0, 0.1) is 15.3 Å². The zero-order valence-corrected chi connectivity index (χ0v) is 10.2. The molecule has 0 atom stereocenters. The highest BCUT2D eigenvalue weighted by atomic mass is 16.6. The van der Waals surface area contributed by atoms with Gasteiger partial charge in [0.25, 0.3) is 0 Å². The van der Waals surface area contributed by atoms with Gasteiger partial charge in [-0.25, -0.2) is 4.68 Å². The summed E-state index contributed by atoms with van der Waals surface area (Å²) in [7, 11) is 1.62. The zero-order chi connectivity index (χ0) is 14.4. The Morgan fingerprint density at radius 1 is 1.50 bits per heavy atom. The van der Waals surface area contributed by atoms with Crippen molar-refractivity contribution in [3.63, 3.8) is 0 Å². The molecular formula is C10H8N6O4. The first-order valence-electron chi connectivity index (χ1n) is 5.44. The maximum Gasteiger partial charge on any atom is 0.433 e. The topological polar surface area (TPSA) is 140 Å². The number of nitrogen functional groups attached to an aromatic ring is 1. The van der Waals surface area contributed by atoms with Gasteiger partial charge in [0.15, 0.2) is 5.76 Å². The van der Waals surface area contributed by atoms with Crippen LogP contribution in [-0.2, 0) is 7.05 Å². The molecule has 0 aliphatic carbocycles. The number of anilines is 1. The second-order valence-electron chi connectivity index (χ2n) is 4.02. The van der Waals surface area contributed by atoms with E-state index in [0.29, 0.717) is 10.4 Å². The van der Waals surface area contributed by atoms with Gasteiger partial charge >= 0.3 is 5.88 Å². The van der Waals surface area contributed by atoms with Gasteiger partial charge in [-0.1, -0.05) is 4.98 Å². The smallest absolute Gasteiger partial charge is 0.433 e. The van der Waals surface area contributed by atoms with Crippen molar-refractivity contribution in [1.82, 2.24) is 14.8 Å². The molecule has 0 fully saturated rings. The minimum Gasteiger partial charge on any atom is -0.740 e. The van der Waals surface area contributed by atoms with Gasteiger partial charge in [0, 0.05) is 7.05 Å². The molecular weight excluding hydrogens is 268 g/mol. The quantitative estimate of drug-likeness (QED) is 0.308. The third-order valence-electron chi connectivity index (χ3n) is 2.80. The molecule has 0 saturated heterocycles. The summed E-state index contributed by atoms with van der Waals surface area (Å²) in [6.07, 6.45) is 1.02. The molecule has 0 unspecified atom stereocenters. The van der Waals surface area contributed by atoms with Gasteiger partial charge in [-0.3, -0.25) is 14.8 Å². The Hall–Kier alpha value is -3.17. The number of nitrogens with zero attached hydrogens (tertiary/aromatic N) is 5. The number of hydrogen-bond donors (Lipinski definition) is 1. The van der Waals surface area contributed by atoms with Crippen molar-refractivity contribution in [3.05, 3.63) is 33.8 Å². The highest BCUT2D eigenvalue weighted by molar-refractivity contribution is 5.96. The molecule has 3 aromatic heterocycles. The van der Waals surface area contributed by atoms with Crippen LogP contribution in [0.1, 0.15) is 0 Å². The van der Waals surface area contributed by atoms with Crippen molar-refractivity contribution in [3.8, 4) is 11.5 Å². The molecule has 0 bridgehead atoms. The first-order valence-corrected chi connectivity index (χ1v) is 5.44. The molecule has 2 N–H and O–H groups in total. The Bertz CT molecular complexity index is 836. The monoisotopic (exact) mass is 276 g/mol. The molecule has 0 radical (unpaired) electrons. The first-order chi connectivity index (χ1) is 9.49. The molecule has 0 aromatic carbocycles. The van der Waals surface area contributed by atoms with Crippen LogP contribution in [0.2, 0.25) is 0 Å². The molecule has 10 heteroatoms. The van der Waals surface area contributed by atoms with E-state index in [1.54, 1.807) is 7.05 Å². The molecule has 20 heavy (non-hydrogen) atoms. The summed E-state index contributed by atoms with van der Waals surface area (Å²) < 4.78 is 6.88. The van der Waals surface area contributed by atoms with Crippen molar-refractivity contribution in [2.45, 2.75) is 0 Å². The predicted molar refractivity (Wildman–Crippen MR) is 66.2 cm³/mol. The molecule has 0 spiro atoms. The number of fused-ring (bicyclic) bond motifs is 1. The van der Waals surface area contributed by atoms with E-state index in [9.17, 15) is 15.3 Å². The number of rotatable bonds is 2. The number of hydrogen-bond acceptors (Lipinski definition) is 7. The molecule has 0 amide bonds. The van der Waals surface area contributed by atoms with Crippen LogP contribution in [0.15, 0.2) is 22.9 Å². The normalized spacial score (nSPS) is 11.1.